The molecule has 0 saturated carbocycles. The first-order chi connectivity index (χ1) is 11.1. The topological polar surface area (TPSA) is 57.7 Å². The number of thiophene rings is 1. The molecule has 2 aliphatic rings. The van der Waals surface area contributed by atoms with Crippen molar-refractivity contribution in [3.8, 4) is 0 Å². The summed E-state index contributed by atoms with van der Waals surface area (Å²) in [7, 11) is 0. The van der Waals surface area contributed by atoms with E-state index in [0.29, 0.717) is 11.4 Å². The summed E-state index contributed by atoms with van der Waals surface area (Å²) in [6, 6.07) is 3.96. The summed E-state index contributed by atoms with van der Waals surface area (Å²) in [5, 5.41) is 1.55. The second kappa shape index (κ2) is 6.88. The number of piperidine rings is 1. The van der Waals surface area contributed by atoms with Crippen LogP contribution >= 0.6 is 23.1 Å². The minimum absolute atomic E-state index is 0.142. The number of thioether (sulfide) groups is 1. The molecule has 1 aromatic rings. The maximum Gasteiger partial charge on any atom is 0.294 e. The fraction of sp³-hybridized carbons (Fsp3) is 0.438. The van der Waals surface area contributed by atoms with Gasteiger partial charge in [-0.2, -0.15) is 0 Å². The SMILES string of the molecule is C[C@@H]1CCCCN1C(=O)CN1C(=O)S/C(=C\c2cccs2)C1=O. The zero-order chi connectivity index (χ0) is 16.4. The van der Waals surface area contributed by atoms with Crippen molar-refractivity contribution >= 4 is 46.2 Å². The minimum Gasteiger partial charge on any atom is -0.338 e. The number of likely N-dealkylation sites (tertiary alicyclic amines) is 1. The molecule has 2 saturated heterocycles. The molecule has 0 aromatic carbocycles. The van der Waals surface area contributed by atoms with Gasteiger partial charge in [0.2, 0.25) is 5.91 Å². The molecule has 3 rings (SSSR count). The zero-order valence-corrected chi connectivity index (χ0v) is 14.5. The first-order valence-corrected chi connectivity index (χ1v) is 9.34. The van der Waals surface area contributed by atoms with Crippen molar-refractivity contribution in [2.24, 2.45) is 0 Å². The van der Waals surface area contributed by atoms with E-state index in [9.17, 15) is 14.4 Å². The van der Waals surface area contributed by atoms with E-state index in [2.05, 4.69) is 0 Å². The second-order valence-corrected chi connectivity index (χ2v) is 7.69. The largest absolute Gasteiger partial charge is 0.338 e. The molecule has 1 aromatic heterocycles. The number of rotatable bonds is 3. The lowest BCUT2D eigenvalue weighted by Gasteiger charge is -2.34. The molecule has 2 aliphatic heterocycles. The van der Waals surface area contributed by atoms with Crippen molar-refractivity contribution in [2.75, 3.05) is 13.1 Å². The Balaban J connectivity index is 1.69. The number of hydrogen-bond donors (Lipinski definition) is 0. The highest BCUT2D eigenvalue weighted by Gasteiger charge is 2.37. The molecule has 7 heteroatoms. The molecule has 1 atom stereocenters. The maximum absolute atomic E-state index is 12.4. The molecule has 0 aliphatic carbocycles. The summed E-state index contributed by atoms with van der Waals surface area (Å²) < 4.78 is 0. The molecule has 3 heterocycles. The number of nitrogens with zero attached hydrogens (tertiary/aromatic N) is 2. The third-order valence-corrected chi connectivity index (χ3v) is 5.83. The number of hydrogen-bond acceptors (Lipinski definition) is 5. The van der Waals surface area contributed by atoms with E-state index in [1.165, 1.54) is 11.3 Å². The van der Waals surface area contributed by atoms with Crippen LogP contribution in [0.25, 0.3) is 6.08 Å². The van der Waals surface area contributed by atoms with E-state index < -0.39 is 0 Å². The molecule has 0 unspecified atom stereocenters. The van der Waals surface area contributed by atoms with Gasteiger partial charge in [-0.1, -0.05) is 6.07 Å². The fourth-order valence-corrected chi connectivity index (χ4v) is 4.39. The Kier molecular flexibility index (Phi) is 4.87. The molecule has 0 spiro atoms. The van der Waals surface area contributed by atoms with Gasteiger partial charge < -0.3 is 4.90 Å². The van der Waals surface area contributed by atoms with E-state index in [1.54, 1.807) is 11.0 Å². The smallest absolute Gasteiger partial charge is 0.294 e. The predicted molar refractivity (Wildman–Crippen MR) is 92.0 cm³/mol. The Labute approximate surface area is 143 Å². The van der Waals surface area contributed by atoms with E-state index in [1.807, 2.05) is 24.4 Å². The highest BCUT2D eigenvalue weighted by molar-refractivity contribution is 8.18. The molecule has 3 amide bonds. The van der Waals surface area contributed by atoms with Crippen molar-refractivity contribution in [3.05, 3.63) is 27.3 Å². The Morgan fingerprint density at radius 2 is 2.22 bits per heavy atom. The third kappa shape index (κ3) is 3.50. The van der Waals surface area contributed by atoms with E-state index >= 15 is 0 Å². The molecule has 122 valence electrons. The summed E-state index contributed by atoms with van der Waals surface area (Å²) in [4.78, 5) is 41.1. The number of carbonyl (C=O) groups excluding carboxylic acids is 3. The van der Waals surface area contributed by atoms with Crippen LogP contribution in [0.4, 0.5) is 4.79 Å². The highest BCUT2D eigenvalue weighted by Crippen LogP contribution is 2.33. The lowest BCUT2D eigenvalue weighted by Crippen LogP contribution is -2.47. The molecule has 0 radical (unpaired) electrons. The average Bonchev–Trinajstić information content (AvgIpc) is 3.12. The third-order valence-electron chi connectivity index (χ3n) is 4.11. The summed E-state index contributed by atoms with van der Waals surface area (Å²) in [6.45, 7) is 2.57. The molecule has 0 N–H and O–H groups in total. The molecular weight excluding hydrogens is 332 g/mol. The van der Waals surface area contributed by atoms with Crippen molar-refractivity contribution in [1.29, 1.82) is 0 Å². The Bertz CT molecular complexity index is 654. The monoisotopic (exact) mass is 350 g/mol. The van der Waals surface area contributed by atoms with Gasteiger partial charge in [-0.25, -0.2) is 0 Å². The van der Waals surface area contributed by atoms with Crippen molar-refractivity contribution in [1.82, 2.24) is 9.80 Å². The van der Waals surface area contributed by atoms with Crippen molar-refractivity contribution < 1.29 is 14.4 Å². The normalized spacial score (nSPS) is 23.9. The molecule has 23 heavy (non-hydrogen) atoms. The number of imide groups is 1. The number of amides is 3. The Hall–Kier alpha value is -1.60. The fourth-order valence-electron chi connectivity index (χ4n) is 2.83. The van der Waals surface area contributed by atoms with Gasteiger partial charge in [0.1, 0.15) is 6.54 Å². The van der Waals surface area contributed by atoms with Crippen LogP contribution in [0, 0.1) is 0 Å². The second-order valence-electron chi connectivity index (χ2n) is 5.72. The van der Waals surface area contributed by atoms with E-state index in [-0.39, 0.29) is 29.6 Å². The molecular formula is C16H18N2O3S2. The first kappa shape index (κ1) is 16.3. The van der Waals surface area contributed by atoms with E-state index in [0.717, 1.165) is 40.8 Å². The lowest BCUT2D eigenvalue weighted by atomic mass is 10.0. The van der Waals surface area contributed by atoms with Crippen molar-refractivity contribution in [3.63, 3.8) is 0 Å². The number of carbonyl (C=O) groups is 3. The maximum atomic E-state index is 12.4. The Morgan fingerprint density at radius 3 is 2.91 bits per heavy atom. The van der Waals surface area contributed by atoms with Gasteiger partial charge >= 0.3 is 0 Å². The summed E-state index contributed by atoms with van der Waals surface area (Å²) in [6.07, 6.45) is 4.79. The van der Waals surface area contributed by atoms with Gasteiger partial charge in [0, 0.05) is 17.5 Å². The van der Waals surface area contributed by atoms with Crippen LogP contribution in [0.15, 0.2) is 22.4 Å². The van der Waals surface area contributed by atoms with Gasteiger partial charge in [0.25, 0.3) is 11.1 Å². The van der Waals surface area contributed by atoms with Gasteiger partial charge in [0.15, 0.2) is 0 Å². The van der Waals surface area contributed by atoms with Crippen LogP contribution in [0.1, 0.15) is 31.1 Å². The summed E-state index contributed by atoms with van der Waals surface area (Å²) >= 11 is 2.41. The van der Waals surface area contributed by atoms with Gasteiger partial charge in [-0.3, -0.25) is 19.3 Å². The van der Waals surface area contributed by atoms with Crippen LogP contribution in [-0.2, 0) is 9.59 Å². The van der Waals surface area contributed by atoms with Crippen LogP contribution in [0.3, 0.4) is 0 Å². The van der Waals surface area contributed by atoms with Crippen LogP contribution in [0.2, 0.25) is 0 Å². The van der Waals surface area contributed by atoms with Crippen LogP contribution in [-0.4, -0.2) is 46.0 Å². The van der Waals surface area contributed by atoms with Gasteiger partial charge in [-0.05, 0) is 55.5 Å². The predicted octanol–water partition coefficient (Wildman–Crippen LogP) is 3.19. The highest BCUT2D eigenvalue weighted by atomic mass is 32.2. The first-order valence-electron chi connectivity index (χ1n) is 7.64. The van der Waals surface area contributed by atoms with E-state index in [4.69, 9.17) is 0 Å². The zero-order valence-electron chi connectivity index (χ0n) is 12.9. The Morgan fingerprint density at radius 1 is 1.39 bits per heavy atom. The average molecular weight is 350 g/mol. The van der Waals surface area contributed by atoms with Gasteiger partial charge in [-0.15, -0.1) is 11.3 Å². The van der Waals surface area contributed by atoms with Crippen molar-refractivity contribution in [2.45, 2.75) is 32.2 Å². The molecule has 0 bridgehead atoms. The lowest BCUT2D eigenvalue weighted by molar-refractivity contribution is -0.138. The molecule has 5 nitrogen and oxygen atoms in total. The summed E-state index contributed by atoms with van der Waals surface area (Å²) in [5.74, 6) is -0.511. The van der Waals surface area contributed by atoms with Crippen LogP contribution in [0.5, 0.6) is 0 Å². The summed E-state index contributed by atoms with van der Waals surface area (Å²) in [5.41, 5.74) is 0. The van der Waals surface area contributed by atoms with Crippen LogP contribution < -0.4 is 0 Å². The van der Waals surface area contributed by atoms with Gasteiger partial charge in [0.05, 0.1) is 4.91 Å². The minimum atomic E-state index is -0.369. The standard InChI is InChI=1S/C16H18N2O3S2/c1-11-5-2-3-7-17(11)14(19)10-18-15(20)13(23-16(18)21)9-12-6-4-8-22-12/h4,6,8-9,11H,2-3,5,7,10H2,1H3/b13-9-/t11-/m1/s1. The molecule has 2 fully saturated rings. The quantitative estimate of drug-likeness (QED) is 0.786.